The van der Waals surface area contributed by atoms with Crippen molar-refractivity contribution < 1.29 is 0 Å². The highest BCUT2D eigenvalue weighted by Crippen LogP contribution is 2.34. The third-order valence-electron chi connectivity index (χ3n) is 3.48. The van der Waals surface area contributed by atoms with Crippen LogP contribution in [0.5, 0.6) is 0 Å². The van der Waals surface area contributed by atoms with E-state index in [0.29, 0.717) is 0 Å². The lowest BCUT2D eigenvalue weighted by Gasteiger charge is -2.10. The molecule has 108 valence electrons. The Balaban J connectivity index is 2.42. The van der Waals surface area contributed by atoms with Gasteiger partial charge in [-0.05, 0) is 37.8 Å². The van der Waals surface area contributed by atoms with Gasteiger partial charge in [-0.1, -0.05) is 24.6 Å². The predicted octanol–water partition coefficient (Wildman–Crippen LogP) is 4.67. The predicted molar refractivity (Wildman–Crippen MR) is 89.8 cm³/mol. The molecule has 3 rings (SSSR count). The fourth-order valence-electron chi connectivity index (χ4n) is 2.61. The van der Waals surface area contributed by atoms with Crippen molar-refractivity contribution in [3.63, 3.8) is 0 Å². The summed E-state index contributed by atoms with van der Waals surface area (Å²) in [7, 11) is 0. The van der Waals surface area contributed by atoms with Gasteiger partial charge in [0.2, 0.25) is 0 Å². The molecule has 1 aromatic carbocycles. The zero-order chi connectivity index (χ0) is 15.0. The van der Waals surface area contributed by atoms with Crippen LogP contribution in [0.15, 0.2) is 35.4 Å². The van der Waals surface area contributed by atoms with Crippen LogP contribution >= 0.6 is 23.4 Å². The Kier molecular flexibility index (Phi) is 3.91. The quantitative estimate of drug-likeness (QED) is 0.658. The van der Waals surface area contributed by atoms with E-state index < -0.39 is 0 Å². The SMILES string of the molecule is CCc1c(SC)c2cnc(C)nc2n1-c1cccc(Cl)c1. The Labute approximate surface area is 133 Å². The monoisotopic (exact) mass is 317 g/mol. The second-order valence-corrected chi connectivity index (χ2v) is 6.06. The van der Waals surface area contributed by atoms with E-state index in [2.05, 4.69) is 33.8 Å². The van der Waals surface area contributed by atoms with Gasteiger partial charge in [0.25, 0.3) is 0 Å². The highest BCUT2D eigenvalue weighted by molar-refractivity contribution is 7.98. The first-order valence-electron chi connectivity index (χ1n) is 6.82. The molecule has 3 nitrogen and oxygen atoms in total. The lowest BCUT2D eigenvalue weighted by atomic mass is 10.3. The maximum atomic E-state index is 6.16. The molecule has 0 aliphatic heterocycles. The number of thioether (sulfide) groups is 1. The maximum absolute atomic E-state index is 6.16. The van der Waals surface area contributed by atoms with Crippen LogP contribution in [-0.2, 0) is 6.42 Å². The summed E-state index contributed by atoms with van der Waals surface area (Å²) in [6.07, 6.45) is 4.94. The molecule has 0 amide bonds. The van der Waals surface area contributed by atoms with E-state index in [1.54, 1.807) is 11.8 Å². The number of hydrogen-bond acceptors (Lipinski definition) is 3. The van der Waals surface area contributed by atoms with Crippen LogP contribution in [0.4, 0.5) is 0 Å². The largest absolute Gasteiger partial charge is 0.297 e. The lowest BCUT2D eigenvalue weighted by Crippen LogP contribution is -2.01. The average molecular weight is 318 g/mol. The molecule has 0 unspecified atom stereocenters. The number of aryl methyl sites for hydroxylation is 1. The minimum absolute atomic E-state index is 0.730. The van der Waals surface area contributed by atoms with Crippen LogP contribution < -0.4 is 0 Å². The third kappa shape index (κ3) is 2.43. The lowest BCUT2D eigenvalue weighted by molar-refractivity contribution is 0.918. The summed E-state index contributed by atoms with van der Waals surface area (Å²) in [5.74, 6) is 0.776. The first kappa shape index (κ1) is 14.4. The number of fused-ring (bicyclic) bond motifs is 1. The van der Waals surface area contributed by atoms with Crippen molar-refractivity contribution in [3.05, 3.63) is 47.0 Å². The van der Waals surface area contributed by atoms with Gasteiger partial charge < -0.3 is 0 Å². The molecule has 0 saturated heterocycles. The first-order chi connectivity index (χ1) is 10.2. The third-order valence-corrected chi connectivity index (χ3v) is 4.58. The number of halogens is 1. The number of rotatable bonds is 3. The smallest absolute Gasteiger partial charge is 0.149 e. The number of aromatic nitrogens is 3. The van der Waals surface area contributed by atoms with Gasteiger partial charge >= 0.3 is 0 Å². The molecule has 2 aromatic heterocycles. The standard InChI is InChI=1S/C16H16ClN3S/c1-4-14-15(21-3)13-9-18-10(2)19-16(13)20(14)12-7-5-6-11(17)8-12/h5-9H,4H2,1-3H3. The van der Waals surface area contributed by atoms with Gasteiger partial charge in [-0.2, -0.15) is 0 Å². The van der Waals surface area contributed by atoms with Gasteiger partial charge in [-0.25, -0.2) is 9.97 Å². The molecular formula is C16H16ClN3S. The molecule has 0 aliphatic rings. The molecule has 0 atom stereocenters. The highest BCUT2D eigenvalue weighted by atomic mass is 35.5. The molecule has 0 aliphatic carbocycles. The van der Waals surface area contributed by atoms with Gasteiger partial charge in [-0.3, -0.25) is 4.57 Å². The Hall–Kier alpha value is -1.52. The summed E-state index contributed by atoms with van der Waals surface area (Å²) in [6.45, 7) is 4.08. The van der Waals surface area contributed by atoms with Crippen LogP contribution in [-0.4, -0.2) is 20.8 Å². The summed E-state index contributed by atoms with van der Waals surface area (Å²) < 4.78 is 2.20. The van der Waals surface area contributed by atoms with E-state index in [-0.39, 0.29) is 0 Å². The van der Waals surface area contributed by atoms with Gasteiger partial charge in [-0.15, -0.1) is 11.8 Å². The van der Waals surface area contributed by atoms with E-state index >= 15 is 0 Å². The molecule has 0 N–H and O–H groups in total. The molecule has 3 aromatic rings. The second kappa shape index (κ2) is 5.70. The Morgan fingerprint density at radius 2 is 2.14 bits per heavy atom. The summed E-state index contributed by atoms with van der Waals surface area (Å²) in [6, 6.07) is 7.89. The van der Waals surface area contributed by atoms with Crippen molar-refractivity contribution in [2.75, 3.05) is 6.26 Å². The normalized spacial score (nSPS) is 11.2. The Morgan fingerprint density at radius 3 is 2.81 bits per heavy atom. The van der Waals surface area contributed by atoms with Gasteiger partial charge in [0.1, 0.15) is 11.5 Å². The molecule has 0 radical (unpaired) electrons. The van der Waals surface area contributed by atoms with Crippen molar-refractivity contribution in [2.45, 2.75) is 25.2 Å². The zero-order valence-electron chi connectivity index (χ0n) is 12.2. The van der Waals surface area contributed by atoms with Crippen molar-refractivity contribution in [2.24, 2.45) is 0 Å². The molecule has 2 heterocycles. The molecular weight excluding hydrogens is 302 g/mol. The van der Waals surface area contributed by atoms with E-state index in [1.807, 2.05) is 31.3 Å². The fourth-order valence-corrected chi connectivity index (χ4v) is 3.63. The highest BCUT2D eigenvalue weighted by Gasteiger charge is 2.18. The molecule has 0 saturated carbocycles. The van der Waals surface area contributed by atoms with Crippen molar-refractivity contribution >= 4 is 34.4 Å². The molecule has 0 bridgehead atoms. The van der Waals surface area contributed by atoms with E-state index in [9.17, 15) is 0 Å². The fraction of sp³-hybridized carbons (Fsp3) is 0.250. The van der Waals surface area contributed by atoms with Crippen LogP contribution in [0.1, 0.15) is 18.4 Å². The minimum atomic E-state index is 0.730. The molecule has 21 heavy (non-hydrogen) atoms. The number of hydrogen-bond donors (Lipinski definition) is 0. The van der Waals surface area contributed by atoms with Gasteiger partial charge in [0, 0.05) is 27.5 Å². The average Bonchev–Trinajstić information content (AvgIpc) is 2.79. The number of benzene rings is 1. The van der Waals surface area contributed by atoms with E-state index in [0.717, 1.165) is 34.0 Å². The molecule has 5 heteroatoms. The van der Waals surface area contributed by atoms with Crippen LogP contribution in [0.3, 0.4) is 0 Å². The van der Waals surface area contributed by atoms with E-state index in [4.69, 9.17) is 11.6 Å². The summed E-state index contributed by atoms with van der Waals surface area (Å²) in [5, 5.41) is 1.83. The topological polar surface area (TPSA) is 30.7 Å². The van der Waals surface area contributed by atoms with Gasteiger partial charge in [0.05, 0.1) is 5.39 Å². The summed E-state index contributed by atoms with van der Waals surface area (Å²) >= 11 is 7.90. The first-order valence-corrected chi connectivity index (χ1v) is 8.42. The maximum Gasteiger partial charge on any atom is 0.149 e. The zero-order valence-corrected chi connectivity index (χ0v) is 13.8. The second-order valence-electron chi connectivity index (χ2n) is 4.80. The van der Waals surface area contributed by atoms with Crippen LogP contribution in [0.2, 0.25) is 5.02 Å². The van der Waals surface area contributed by atoms with E-state index in [1.165, 1.54) is 10.6 Å². The van der Waals surface area contributed by atoms with Crippen LogP contribution in [0.25, 0.3) is 16.7 Å². The summed E-state index contributed by atoms with van der Waals surface area (Å²) in [5.41, 5.74) is 3.24. The number of nitrogens with zero attached hydrogens (tertiary/aromatic N) is 3. The minimum Gasteiger partial charge on any atom is -0.297 e. The van der Waals surface area contributed by atoms with Crippen molar-refractivity contribution in [1.82, 2.24) is 14.5 Å². The Bertz CT molecular complexity index is 811. The summed E-state index contributed by atoms with van der Waals surface area (Å²) in [4.78, 5) is 10.2. The molecule has 0 fully saturated rings. The van der Waals surface area contributed by atoms with Gasteiger partial charge in [0.15, 0.2) is 0 Å². The Morgan fingerprint density at radius 1 is 1.33 bits per heavy atom. The molecule has 0 spiro atoms. The van der Waals surface area contributed by atoms with Crippen molar-refractivity contribution in [3.8, 4) is 5.69 Å². The van der Waals surface area contributed by atoms with Crippen molar-refractivity contribution in [1.29, 1.82) is 0 Å². The van der Waals surface area contributed by atoms with Crippen LogP contribution in [0, 0.1) is 6.92 Å².